The van der Waals surface area contributed by atoms with Crippen molar-refractivity contribution in [2.45, 2.75) is 18.9 Å². The molecular formula is C14H18N4O4. The zero-order chi connectivity index (χ0) is 16.3. The average Bonchev–Trinajstić information content (AvgIpc) is 2.91. The van der Waals surface area contributed by atoms with Crippen molar-refractivity contribution in [2.24, 2.45) is 11.5 Å². The molecule has 22 heavy (non-hydrogen) atoms. The van der Waals surface area contributed by atoms with Gasteiger partial charge in [-0.2, -0.15) is 0 Å². The summed E-state index contributed by atoms with van der Waals surface area (Å²) in [5.41, 5.74) is 12.9. The van der Waals surface area contributed by atoms with Crippen molar-refractivity contribution in [3.05, 3.63) is 35.9 Å². The second-order valence-corrected chi connectivity index (χ2v) is 4.93. The van der Waals surface area contributed by atoms with E-state index in [2.05, 4.69) is 4.98 Å². The van der Waals surface area contributed by atoms with Crippen LogP contribution in [0.4, 0.5) is 0 Å². The van der Waals surface area contributed by atoms with Crippen LogP contribution in [-0.2, 0) is 17.6 Å². The number of aromatic hydroxyl groups is 2. The molecule has 8 heteroatoms. The SMILES string of the molecule is NCCc1cc(O)c(O)cc1-n1cnc(C[C@H](N)C(=O)O)c1. The molecule has 1 heterocycles. The Labute approximate surface area is 126 Å². The largest absolute Gasteiger partial charge is 0.504 e. The molecule has 118 valence electrons. The monoisotopic (exact) mass is 306 g/mol. The molecule has 7 N–H and O–H groups in total. The van der Waals surface area contributed by atoms with E-state index in [0.29, 0.717) is 24.3 Å². The predicted octanol–water partition coefficient (Wildman–Crippen LogP) is -0.261. The molecule has 0 saturated carbocycles. The van der Waals surface area contributed by atoms with Gasteiger partial charge in [-0.15, -0.1) is 0 Å². The third-order valence-corrected chi connectivity index (χ3v) is 3.25. The van der Waals surface area contributed by atoms with Crippen LogP contribution in [0.5, 0.6) is 11.5 Å². The lowest BCUT2D eigenvalue weighted by atomic mass is 10.1. The minimum absolute atomic E-state index is 0.0959. The molecule has 0 aliphatic rings. The van der Waals surface area contributed by atoms with E-state index >= 15 is 0 Å². The standard InChI is InChI=1S/C14H18N4O4/c15-2-1-8-3-12(19)13(20)5-11(8)18-6-9(17-7-18)4-10(16)14(21)22/h3,5-7,10,19-20H,1-2,4,15-16H2,(H,21,22)/t10-/m0/s1. The number of carboxylic acids is 1. The Hall–Kier alpha value is -2.58. The first-order valence-corrected chi connectivity index (χ1v) is 6.69. The number of carbonyl (C=O) groups is 1. The predicted molar refractivity (Wildman–Crippen MR) is 79.0 cm³/mol. The number of nitrogens with zero attached hydrogens (tertiary/aromatic N) is 2. The Kier molecular flexibility index (Phi) is 4.64. The quantitative estimate of drug-likeness (QED) is 0.462. The van der Waals surface area contributed by atoms with Gasteiger partial charge in [-0.1, -0.05) is 0 Å². The van der Waals surface area contributed by atoms with Gasteiger partial charge in [0.2, 0.25) is 0 Å². The van der Waals surface area contributed by atoms with Crippen LogP contribution >= 0.6 is 0 Å². The van der Waals surface area contributed by atoms with Gasteiger partial charge in [0, 0.05) is 18.7 Å². The normalized spacial score (nSPS) is 12.3. The number of carboxylic acid groups (broad SMARTS) is 1. The number of hydrogen-bond donors (Lipinski definition) is 5. The van der Waals surface area contributed by atoms with Crippen LogP contribution in [0, 0.1) is 0 Å². The minimum atomic E-state index is -1.10. The highest BCUT2D eigenvalue weighted by Gasteiger charge is 2.15. The number of aliphatic carboxylic acids is 1. The maximum atomic E-state index is 10.8. The molecule has 0 radical (unpaired) electrons. The van der Waals surface area contributed by atoms with Crippen LogP contribution in [0.1, 0.15) is 11.3 Å². The Bertz CT molecular complexity index is 683. The maximum Gasteiger partial charge on any atom is 0.320 e. The van der Waals surface area contributed by atoms with E-state index in [1.165, 1.54) is 18.5 Å². The van der Waals surface area contributed by atoms with Crippen LogP contribution in [-0.4, -0.2) is 43.4 Å². The third-order valence-electron chi connectivity index (χ3n) is 3.25. The van der Waals surface area contributed by atoms with Gasteiger partial charge in [-0.05, 0) is 24.6 Å². The lowest BCUT2D eigenvalue weighted by Gasteiger charge is -2.11. The lowest BCUT2D eigenvalue weighted by molar-refractivity contribution is -0.138. The van der Waals surface area contributed by atoms with E-state index in [1.54, 1.807) is 10.8 Å². The van der Waals surface area contributed by atoms with Crippen molar-refractivity contribution in [2.75, 3.05) is 6.54 Å². The zero-order valence-electron chi connectivity index (χ0n) is 11.8. The van der Waals surface area contributed by atoms with Gasteiger partial charge in [-0.25, -0.2) is 4.98 Å². The molecule has 1 atom stereocenters. The van der Waals surface area contributed by atoms with Crippen LogP contribution in [0.15, 0.2) is 24.7 Å². The van der Waals surface area contributed by atoms with Crippen molar-refractivity contribution in [3.63, 3.8) is 0 Å². The van der Waals surface area contributed by atoms with Crippen LogP contribution < -0.4 is 11.5 Å². The van der Waals surface area contributed by atoms with Crippen LogP contribution in [0.3, 0.4) is 0 Å². The molecule has 0 saturated heterocycles. The number of hydrogen-bond acceptors (Lipinski definition) is 6. The maximum absolute atomic E-state index is 10.8. The molecule has 8 nitrogen and oxygen atoms in total. The van der Waals surface area contributed by atoms with E-state index in [4.69, 9.17) is 16.6 Å². The van der Waals surface area contributed by atoms with Crippen molar-refractivity contribution < 1.29 is 20.1 Å². The number of aromatic nitrogens is 2. The zero-order valence-corrected chi connectivity index (χ0v) is 11.8. The average molecular weight is 306 g/mol. The highest BCUT2D eigenvalue weighted by molar-refractivity contribution is 5.73. The topological polar surface area (TPSA) is 148 Å². The van der Waals surface area contributed by atoms with Gasteiger partial charge in [0.05, 0.1) is 17.7 Å². The highest BCUT2D eigenvalue weighted by Crippen LogP contribution is 2.30. The second-order valence-electron chi connectivity index (χ2n) is 4.93. The minimum Gasteiger partial charge on any atom is -0.504 e. The van der Waals surface area contributed by atoms with Crippen molar-refractivity contribution in [1.82, 2.24) is 9.55 Å². The van der Waals surface area contributed by atoms with E-state index in [-0.39, 0.29) is 17.9 Å². The molecule has 2 aromatic rings. The summed E-state index contributed by atoms with van der Waals surface area (Å²) in [6, 6.07) is 1.82. The molecule has 1 aromatic carbocycles. The summed E-state index contributed by atoms with van der Waals surface area (Å²) < 4.78 is 1.63. The fourth-order valence-corrected chi connectivity index (χ4v) is 2.12. The summed E-state index contributed by atoms with van der Waals surface area (Å²) in [4.78, 5) is 14.9. The summed E-state index contributed by atoms with van der Waals surface area (Å²) in [6.07, 6.45) is 3.73. The molecule has 0 spiro atoms. The van der Waals surface area contributed by atoms with Gasteiger partial charge in [0.15, 0.2) is 11.5 Å². The summed E-state index contributed by atoms with van der Waals surface area (Å²) in [5.74, 6) is -1.57. The molecule has 0 unspecified atom stereocenters. The third kappa shape index (κ3) is 3.35. The first-order chi connectivity index (χ1) is 10.4. The molecule has 1 aromatic heterocycles. The lowest BCUT2D eigenvalue weighted by Crippen LogP contribution is -2.32. The van der Waals surface area contributed by atoms with Gasteiger partial charge < -0.3 is 31.4 Å². The smallest absolute Gasteiger partial charge is 0.320 e. The van der Waals surface area contributed by atoms with Gasteiger partial charge in [0.25, 0.3) is 0 Å². The summed E-state index contributed by atoms with van der Waals surface area (Å²) in [5, 5.41) is 28.1. The van der Waals surface area contributed by atoms with Crippen molar-refractivity contribution in [1.29, 1.82) is 0 Å². The second kappa shape index (κ2) is 6.46. The molecular weight excluding hydrogens is 288 g/mol. The van der Waals surface area contributed by atoms with Crippen LogP contribution in [0.2, 0.25) is 0 Å². The van der Waals surface area contributed by atoms with E-state index < -0.39 is 12.0 Å². The number of phenolic OH excluding ortho intramolecular Hbond substituents is 2. The van der Waals surface area contributed by atoms with E-state index in [0.717, 1.165) is 5.56 Å². The van der Waals surface area contributed by atoms with Gasteiger partial charge >= 0.3 is 5.97 Å². The fourth-order valence-electron chi connectivity index (χ4n) is 2.12. The Balaban J connectivity index is 2.34. The molecule has 0 bridgehead atoms. The Morgan fingerprint density at radius 1 is 1.32 bits per heavy atom. The molecule has 0 aliphatic carbocycles. The Morgan fingerprint density at radius 2 is 2.00 bits per heavy atom. The number of phenols is 2. The Morgan fingerprint density at radius 3 is 2.64 bits per heavy atom. The van der Waals surface area contributed by atoms with Crippen LogP contribution in [0.25, 0.3) is 5.69 Å². The summed E-state index contributed by atoms with van der Waals surface area (Å²) in [6.45, 7) is 0.378. The van der Waals surface area contributed by atoms with Crippen molar-refractivity contribution in [3.8, 4) is 17.2 Å². The first kappa shape index (κ1) is 15.8. The number of rotatable bonds is 6. The molecule has 0 aliphatic heterocycles. The number of nitrogens with two attached hydrogens (primary N) is 2. The fraction of sp³-hybridized carbons (Fsp3) is 0.286. The van der Waals surface area contributed by atoms with Gasteiger partial charge in [0.1, 0.15) is 6.04 Å². The van der Waals surface area contributed by atoms with E-state index in [9.17, 15) is 15.0 Å². The highest BCUT2D eigenvalue weighted by atomic mass is 16.4. The summed E-state index contributed by atoms with van der Waals surface area (Å²) >= 11 is 0. The summed E-state index contributed by atoms with van der Waals surface area (Å²) in [7, 11) is 0. The number of imidazole rings is 1. The molecule has 2 rings (SSSR count). The van der Waals surface area contributed by atoms with Crippen molar-refractivity contribution >= 4 is 5.97 Å². The van der Waals surface area contributed by atoms with E-state index in [1.807, 2.05) is 0 Å². The molecule has 0 fully saturated rings. The number of benzene rings is 1. The first-order valence-electron chi connectivity index (χ1n) is 6.69. The van der Waals surface area contributed by atoms with Gasteiger partial charge in [-0.3, -0.25) is 4.79 Å². The molecule has 0 amide bonds.